The highest BCUT2D eigenvalue weighted by Crippen LogP contribution is 2.37. The average Bonchev–Trinajstić information content (AvgIpc) is 3.30. The van der Waals surface area contributed by atoms with Crippen LogP contribution < -0.4 is 15.7 Å². The van der Waals surface area contributed by atoms with Gasteiger partial charge in [-0.1, -0.05) is 30.2 Å². The molecule has 2 atom stereocenters. The Kier molecular flexibility index (Phi) is 4.64. The van der Waals surface area contributed by atoms with Crippen LogP contribution in [0.1, 0.15) is 19.3 Å². The topological polar surface area (TPSA) is 72.3 Å². The highest BCUT2D eigenvalue weighted by Gasteiger charge is 2.36. The van der Waals surface area contributed by atoms with Crippen LogP contribution >= 0.6 is 11.6 Å². The third-order valence-corrected chi connectivity index (χ3v) is 6.27. The molecule has 1 aliphatic heterocycles. The van der Waals surface area contributed by atoms with E-state index < -0.39 is 0 Å². The summed E-state index contributed by atoms with van der Waals surface area (Å²) < 4.78 is 7.24. The first-order valence-electron chi connectivity index (χ1n) is 9.89. The molecule has 150 valence electrons. The molecule has 1 aliphatic carbocycles. The molecule has 0 bridgehead atoms. The van der Waals surface area contributed by atoms with Crippen LogP contribution in [0.2, 0.25) is 5.02 Å². The summed E-state index contributed by atoms with van der Waals surface area (Å²) in [5.41, 5.74) is 3.59. The van der Waals surface area contributed by atoms with E-state index in [4.69, 9.17) is 16.3 Å². The third-order valence-electron chi connectivity index (χ3n) is 5.96. The van der Waals surface area contributed by atoms with Gasteiger partial charge in [0.1, 0.15) is 11.4 Å². The molecule has 1 aromatic carbocycles. The van der Waals surface area contributed by atoms with E-state index in [-0.39, 0.29) is 11.3 Å². The number of anilines is 1. The summed E-state index contributed by atoms with van der Waals surface area (Å²) >= 11 is 6.15. The first-order valence-corrected chi connectivity index (χ1v) is 10.3. The molecule has 5 rings (SSSR count). The van der Waals surface area contributed by atoms with Crippen LogP contribution in [0.4, 0.5) is 5.95 Å². The zero-order valence-electron chi connectivity index (χ0n) is 16.1. The minimum Gasteiger partial charge on any atom is -0.450 e. The summed E-state index contributed by atoms with van der Waals surface area (Å²) in [6.07, 6.45) is 5.67. The number of hydrogen-bond acceptors (Lipinski definition) is 6. The van der Waals surface area contributed by atoms with Gasteiger partial charge in [0.2, 0.25) is 5.95 Å². The molecule has 8 heteroatoms. The molecule has 1 saturated carbocycles. The van der Waals surface area contributed by atoms with E-state index in [0.29, 0.717) is 22.4 Å². The number of para-hydroxylation sites is 1. The molecule has 2 unspecified atom stereocenters. The van der Waals surface area contributed by atoms with Gasteiger partial charge in [0.25, 0.3) is 5.56 Å². The second-order valence-electron chi connectivity index (χ2n) is 7.85. The first-order chi connectivity index (χ1) is 14.1. The number of benzene rings is 1. The normalized spacial score (nSPS) is 21.4. The molecule has 2 aromatic heterocycles. The Morgan fingerprint density at radius 1 is 1.17 bits per heavy atom. The predicted octanol–water partition coefficient (Wildman–Crippen LogP) is 3.83. The van der Waals surface area contributed by atoms with E-state index in [9.17, 15) is 4.79 Å². The van der Waals surface area contributed by atoms with E-state index >= 15 is 0 Å². The van der Waals surface area contributed by atoms with Crippen molar-refractivity contribution in [3.05, 3.63) is 51.9 Å². The minimum absolute atomic E-state index is 0.185. The molecule has 1 saturated heterocycles. The van der Waals surface area contributed by atoms with Gasteiger partial charge in [-0.25, -0.2) is 9.99 Å². The number of halogens is 1. The van der Waals surface area contributed by atoms with Crippen LogP contribution in [0.15, 0.2) is 41.3 Å². The number of fused-ring (bicyclic) bond motifs is 2. The van der Waals surface area contributed by atoms with Crippen molar-refractivity contribution in [2.75, 3.05) is 18.5 Å². The van der Waals surface area contributed by atoms with Gasteiger partial charge in [0, 0.05) is 31.7 Å². The van der Waals surface area contributed by atoms with Gasteiger partial charge in [0.15, 0.2) is 5.75 Å². The number of nitrogens with one attached hydrogen (secondary N) is 1. The molecule has 29 heavy (non-hydrogen) atoms. The summed E-state index contributed by atoms with van der Waals surface area (Å²) in [4.78, 5) is 21.8. The van der Waals surface area contributed by atoms with Gasteiger partial charge >= 0.3 is 0 Å². The number of nitrogens with zero attached hydrogens (tertiary/aromatic N) is 4. The third kappa shape index (κ3) is 3.45. The summed E-state index contributed by atoms with van der Waals surface area (Å²) in [5, 5.41) is 3.36. The molecule has 1 N–H and O–H groups in total. The maximum absolute atomic E-state index is 12.8. The monoisotopic (exact) mass is 411 g/mol. The van der Waals surface area contributed by atoms with Crippen molar-refractivity contribution in [2.24, 2.45) is 18.9 Å². The van der Waals surface area contributed by atoms with E-state index in [0.717, 1.165) is 30.3 Å². The number of hydrogen-bond donors (Lipinski definition) is 1. The fraction of sp³-hybridized carbons (Fsp3) is 0.381. The fourth-order valence-electron chi connectivity index (χ4n) is 4.46. The Morgan fingerprint density at radius 2 is 1.93 bits per heavy atom. The van der Waals surface area contributed by atoms with Crippen LogP contribution in [0.5, 0.6) is 11.5 Å². The van der Waals surface area contributed by atoms with Crippen molar-refractivity contribution in [1.82, 2.24) is 19.5 Å². The second-order valence-corrected chi connectivity index (χ2v) is 8.25. The van der Waals surface area contributed by atoms with E-state index in [1.807, 2.05) is 6.07 Å². The number of hydrazine groups is 1. The van der Waals surface area contributed by atoms with Gasteiger partial charge < -0.3 is 4.74 Å². The predicted molar refractivity (Wildman–Crippen MR) is 112 cm³/mol. The van der Waals surface area contributed by atoms with E-state index in [1.54, 1.807) is 37.5 Å². The van der Waals surface area contributed by atoms with E-state index in [2.05, 4.69) is 20.4 Å². The standard InChI is InChI=1S/C21H22ClN5O2/c1-26-19-15(9-18(20(26)28)29-17-8-3-2-7-16(17)22)10-23-21(24-19)25-27-11-13-5-4-6-14(13)12-27/h2-3,7-10,13-14H,4-6,11-12H2,1H3,(H,23,24,25). The van der Waals surface area contributed by atoms with Crippen LogP contribution in [0.3, 0.4) is 0 Å². The minimum atomic E-state index is -0.280. The lowest BCUT2D eigenvalue weighted by atomic mass is 10.0. The molecular formula is C21H22ClN5O2. The molecule has 7 nitrogen and oxygen atoms in total. The van der Waals surface area contributed by atoms with Gasteiger partial charge in [-0.2, -0.15) is 4.98 Å². The molecule has 0 amide bonds. The van der Waals surface area contributed by atoms with Crippen LogP contribution in [-0.2, 0) is 7.05 Å². The quantitative estimate of drug-likeness (QED) is 0.703. The molecule has 3 heterocycles. The molecule has 0 spiro atoms. The van der Waals surface area contributed by atoms with Gasteiger partial charge in [-0.05, 0) is 42.9 Å². The largest absolute Gasteiger partial charge is 0.450 e. The van der Waals surface area contributed by atoms with Gasteiger partial charge in [-0.15, -0.1) is 0 Å². The Labute approximate surface area is 173 Å². The number of pyridine rings is 1. The summed E-state index contributed by atoms with van der Waals surface area (Å²) in [6.45, 7) is 2.05. The van der Waals surface area contributed by atoms with Crippen molar-refractivity contribution in [2.45, 2.75) is 19.3 Å². The van der Waals surface area contributed by atoms with Gasteiger partial charge in [0.05, 0.1) is 5.02 Å². The Bertz CT molecular complexity index is 1120. The lowest BCUT2D eigenvalue weighted by molar-refractivity contribution is 0.369. The molecular weight excluding hydrogens is 390 g/mol. The average molecular weight is 412 g/mol. The smallest absolute Gasteiger partial charge is 0.294 e. The van der Waals surface area contributed by atoms with Crippen LogP contribution in [0, 0.1) is 11.8 Å². The number of ether oxygens (including phenoxy) is 1. The summed E-state index contributed by atoms with van der Waals surface area (Å²) in [6, 6.07) is 8.71. The van der Waals surface area contributed by atoms with Gasteiger partial charge in [-0.3, -0.25) is 14.8 Å². The molecule has 0 radical (unpaired) electrons. The number of rotatable bonds is 4. The Hall–Kier alpha value is -2.64. The van der Waals surface area contributed by atoms with Crippen molar-refractivity contribution in [3.63, 3.8) is 0 Å². The molecule has 2 fully saturated rings. The Morgan fingerprint density at radius 3 is 2.69 bits per heavy atom. The lowest BCUT2D eigenvalue weighted by Crippen LogP contribution is -2.29. The second kappa shape index (κ2) is 7.31. The highest BCUT2D eigenvalue weighted by atomic mass is 35.5. The number of aryl methyl sites for hydroxylation is 1. The van der Waals surface area contributed by atoms with Crippen molar-refractivity contribution < 1.29 is 4.74 Å². The van der Waals surface area contributed by atoms with Crippen molar-refractivity contribution >= 4 is 28.6 Å². The van der Waals surface area contributed by atoms with Crippen LogP contribution in [-0.4, -0.2) is 32.6 Å². The maximum Gasteiger partial charge on any atom is 0.294 e. The highest BCUT2D eigenvalue weighted by molar-refractivity contribution is 6.32. The lowest BCUT2D eigenvalue weighted by Gasteiger charge is -2.18. The molecule has 3 aromatic rings. The summed E-state index contributed by atoms with van der Waals surface area (Å²) in [7, 11) is 1.68. The first kappa shape index (κ1) is 18.4. The zero-order valence-corrected chi connectivity index (χ0v) is 16.9. The SMILES string of the molecule is Cn1c(=O)c(Oc2ccccc2Cl)cc2cnc(NN3CC4CCCC4C3)nc21. The number of aromatic nitrogens is 3. The zero-order chi connectivity index (χ0) is 20.0. The van der Waals surface area contributed by atoms with Crippen molar-refractivity contribution in [1.29, 1.82) is 0 Å². The fourth-order valence-corrected chi connectivity index (χ4v) is 4.63. The van der Waals surface area contributed by atoms with Crippen molar-refractivity contribution in [3.8, 4) is 11.5 Å². The maximum atomic E-state index is 12.8. The Balaban J connectivity index is 1.42. The summed E-state index contributed by atoms with van der Waals surface area (Å²) in [5.74, 6) is 2.68. The molecule has 2 aliphatic rings. The van der Waals surface area contributed by atoms with E-state index in [1.165, 1.54) is 23.8 Å². The van der Waals surface area contributed by atoms with Crippen LogP contribution in [0.25, 0.3) is 11.0 Å².